The van der Waals surface area contributed by atoms with Crippen LogP contribution in [0.15, 0.2) is 0 Å². The minimum Gasteiger partial charge on any atom is -1.00 e. The third-order valence-corrected chi connectivity index (χ3v) is 1.51. The number of nitrogens with zero attached hydrogens (tertiary/aromatic N) is 1. The first-order valence-electron chi connectivity index (χ1n) is 2.90. The standard InChI is InChI=1S/C5H9NO3.K.H/c7-5(8)4-2-1-3-6(4)9;;/h4,9H,1-3H2,(H,7,8);;/q;+1;-1. The number of hydrogen-bond donors (Lipinski definition) is 2. The molecular formula is C5H10KNO3. The summed E-state index contributed by atoms with van der Waals surface area (Å²) in [5, 5.41) is 18.1. The van der Waals surface area contributed by atoms with E-state index in [2.05, 4.69) is 0 Å². The van der Waals surface area contributed by atoms with Crippen molar-refractivity contribution >= 4 is 5.97 Å². The topological polar surface area (TPSA) is 60.8 Å². The summed E-state index contributed by atoms with van der Waals surface area (Å²) in [5.74, 6) is -0.935. The molecule has 1 heterocycles. The van der Waals surface area contributed by atoms with Crippen LogP contribution in [0.5, 0.6) is 0 Å². The van der Waals surface area contributed by atoms with Gasteiger partial charge in [0.2, 0.25) is 0 Å². The molecule has 5 heteroatoms. The number of carboxylic acid groups (broad SMARTS) is 1. The SMILES string of the molecule is O=C(O)C1CCCN1O.[H-].[K+]. The number of rotatable bonds is 1. The van der Waals surface area contributed by atoms with E-state index in [1.807, 2.05) is 0 Å². The van der Waals surface area contributed by atoms with Crippen molar-refractivity contribution in [2.45, 2.75) is 18.9 Å². The van der Waals surface area contributed by atoms with Crippen LogP contribution < -0.4 is 51.4 Å². The number of carbonyl (C=O) groups is 1. The molecule has 0 saturated carbocycles. The van der Waals surface area contributed by atoms with E-state index in [0.29, 0.717) is 13.0 Å². The summed E-state index contributed by atoms with van der Waals surface area (Å²) in [4.78, 5) is 10.2. The van der Waals surface area contributed by atoms with Gasteiger partial charge in [-0.05, 0) is 12.8 Å². The van der Waals surface area contributed by atoms with Crippen molar-refractivity contribution < 1.29 is 67.9 Å². The van der Waals surface area contributed by atoms with E-state index >= 15 is 0 Å². The fourth-order valence-electron chi connectivity index (χ4n) is 1.00. The van der Waals surface area contributed by atoms with Gasteiger partial charge in [-0.1, -0.05) is 0 Å². The molecule has 0 spiro atoms. The summed E-state index contributed by atoms with van der Waals surface area (Å²) in [5.41, 5.74) is 0. The third-order valence-electron chi connectivity index (χ3n) is 1.51. The Labute approximate surface area is 103 Å². The second-order valence-electron chi connectivity index (χ2n) is 2.16. The summed E-state index contributed by atoms with van der Waals surface area (Å²) in [7, 11) is 0. The van der Waals surface area contributed by atoms with Crippen LogP contribution in [0.1, 0.15) is 14.3 Å². The second kappa shape index (κ2) is 4.81. The molecule has 1 rings (SSSR count). The zero-order valence-electron chi connectivity index (χ0n) is 6.95. The Balaban J connectivity index is 0. The van der Waals surface area contributed by atoms with E-state index < -0.39 is 12.0 Å². The van der Waals surface area contributed by atoms with Crippen LogP contribution in [0.25, 0.3) is 0 Å². The first-order chi connectivity index (χ1) is 4.22. The maximum absolute atomic E-state index is 10.2. The summed E-state index contributed by atoms with van der Waals surface area (Å²) < 4.78 is 0. The minimum atomic E-state index is -0.935. The zero-order valence-corrected chi connectivity index (χ0v) is 9.07. The van der Waals surface area contributed by atoms with Gasteiger partial charge >= 0.3 is 57.4 Å². The van der Waals surface area contributed by atoms with Gasteiger partial charge < -0.3 is 11.7 Å². The molecule has 1 atom stereocenters. The molecule has 1 aliphatic heterocycles. The van der Waals surface area contributed by atoms with Gasteiger partial charge in [-0.3, -0.25) is 4.79 Å². The molecule has 0 amide bonds. The molecule has 2 N–H and O–H groups in total. The third kappa shape index (κ3) is 2.58. The summed E-state index contributed by atoms with van der Waals surface area (Å²) in [6.07, 6.45) is 1.33. The first kappa shape index (κ1) is 11.0. The largest absolute Gasteiger partial charge is 1.00 e. The average molecular weight is 171 g/mol. The molecule has 1 fully saturated rings. The Morgan fingerprint density at radius 1 is 1.70 bits per heavy atom. The molecule has 10 heavy (non-hydrogen) atoms. The number of aliphatic carboxylic acids is 1. The van der Waals surface area contributed by atoms with Gasteiger partial charge in [0.05, 0.1) is 0 Å². The molecule has 0 aromatic rings. The molecular weight excluding hydrogens is 161 g/mol. The van der Waals surface area contributed by atoms with Crippen LogP contribution in [0.3, 0.4) is 0 Å². The van der Waals surface area contributed by atoms with Crippen LogP contribution in [0, 0.1) is 0 Å². The van der Waals surface area contributed by atoms with Crippen molar-refractivity contribution in [1.82, 2.24) is 5.06 Å². The molecule has 54 valence electrons. The average Bonchev–Trinajstić information content (AvgIpc) is 2.13. The summed E-state index contributed by atoms with van der Waals surface area (Å²) >= 11 is 0. The molecule has 4 nitrogen and oxygen atoms in total. The Morgan fingerprint density at radius 3 is 2.50 bits per heavy atom. The van der Waals surface area contributed by atoms with Gasteiger partial charge in [-0.2, -0.15) is 5.06 Å². The minimum absolute atomic E-state index is 0. The van der Waals surface area contributed by atoms with Crippen molar-refractivity contribution in [3.8, 4) is 0 Å². The van der Waals surface area contributed by atoms with E-state index in [0.717, 1.165) is 11.5 Å². The molecule has 0 radical (unpaired) electrons. The molecule has 1 unspecified atom stereocenters. The van der Waals surface area contributed by atoms with Crippen molar-refractivity contribution in [3.63, 3.8) is 0 Å². The van der Waals surface area contributed by atoms with Crippen LogP contribution in [-0.4, -0.2) is 33.9 Å². The zero-order chi connectivity index (χ0) is 6.85. The normalized spacial score (nSPS) is 25.9. The van der Waals surface area contributed by atoms with Crippen LogP contribution in [0.2, 0.25) is 0 Å². The van der Waals surface area contributed by atoms with E-state index in [-0.39, 0.29) is 52.8 Å². The van der Waals surface area contributed by atoms with E-state index in [9.17, 15) is 4.79 Å². The Hall–Kier alpha value is 1.03. The summed E-state index contributed by atoms with van der Waals surface area (Å²) in [6.45, 7) is 0.483. The van der Waals surface area contributed by atoms with Gasteiger partial charge in [-0.25, -0.2) is 0 Å². The Kier molecular flexibility index (Phi) is 5.31. The number of hydroxylamine groups is 2. The monoisotopic (exact) mass is 171 g/mol. The fourth-order valence-corrected chi connectivity index (χ4v) is 1.00. The van der Waals surface area contributed by atoms with Crippen molar-refractivity contribution in [3.05, 3.63) is 0 Å². The van der Waals surface area contributed by atoms with Gasteiger partial charge in [0.1, 0.15) is 6.04 Å². The van der Waals surface area contributed by atoms with Crippen molar-refractivity contribution in [2.75, 3.05) is 6.54 Å². The molecule has 0 aromatic carbocycles. The van der Waals surface area contributed by atoms with Crippen LogP contribution in [0.4, 0.5) is 0 Å². The first-order valence-corrected chi connectivity index (χ1v) is 2.90. The molecule has 1 saturated heterocycles. The molecule has 1 aliphatic rings. The predicted molar refractivity (Wildman–Crippen MR) is 30.3 cm³/mol. The Bertz CT molecular complexity index is 135. The van der Waals surface area contributed by atoms with Gasteiger partial charge in [-0.15, -0.1) is 0 Å². The molecule has 0 bridgehead atoms. The van der Waals surface area contributed by atoms with E-state index in [4.69, 9.17) is 10.3 Å². The van der Waals surface area contributed by atoms with Gasteiger partial charge in [0, 0.05) is 6.54 Å². The molecule has 0 aromatic heterocycles. The predicted octanol–water partition coefficient (Wildman–Crippen LogP) is -2.96. The quantitative estimate of drug-likeness (QED) is 0.414. The van der Waals surface area contributed by atoms with E-state index in [1.54, 1.807) is 0 Å². The number of carboxylic acids is 1. The molecule has 0 aliphatic carbocycles. The van der Waals surface area contributed by atoms with Crippen LogP contribution in [-0.2, 0) is 4.79 Å². The van der Waals surface area contributed by atoms with Crippen molar-refractivity contribution in [2.24, 2.45) is 0 Å². The smallest absolute Gasteiger partial charge is 1.00 e. The van der Waals surface area contributed by atoms with Gasteiger partial charge in [0.25, 0.3) is 0 Å². The fraction of sp³-hybridized carbons (Fsp3) is 0.800. The van der Waals surface area contributed by atoms with E-state index in [1.165, 1.54) is 0 Å². The second-order valence-corrected chi connectivity index (χ2v) is 2.16. The number of hydrogen-bond acceptors (Lipinski definition) is 3. The maximum atomic E-state index is 10.2. The maximum Gasteiger partial charge on any atom is 1.00 e. The Morgan fingerprint density at radius 2 is 2.30 bits per heavy atom. The van der Waals surface area contributed by atoms with Gasteiger partial charge in [0.15, 0.2) is 0 Å². The summed E-state index contributed by atoms with van der Waals surface area (Å²) in [6, 6.07) is -0.662. The van der Waals surface area contributed by atoms with Crippen LogP contribution >= 0.6 is 0 Å². The van der Waals surface area contributed by atoms with Crippen molar-refractivity contribution in [1.29, 1.82) is 0 Å².